The van der Waals surface area contributed by atoms with E-state index in [0.717, 1.165) is 0 Å². The molecule has 0 radical (unpaired) electrons. The Kier molecular flexibility index (Phi) is 5.54. The molecule has 0 aliphatic heterocycles. The van der Waals surface area contributed by atoms with Crippen molar-refractivity contribution < 1.29 is 23.7 Å². The molecule has 0 aromatic rings. The SMILES string of the molecule is COP(=S)(OC)C(=CC(=O)O)C(=O)S. The summed E-state index contributed by atoms with van der Waals surface area (Å²) in [6, 6.07) is 0. The standard InChI is InChI=1S/C6H9O5PS2/c1-10-12(14,11-2)4(6(9)13)3-5(7)8/h3H,1-2H3,(H,7,8)(H,9,13). The van der Waals surface area contributed by atoms with E-state index in [9.17, 15) is 9.59 Å². The van der Waals surface area contributed by atoms with Crippen molar-refractivity contribution in [1.82, 2.24) is 0 Å². The summed E-state index contributed by atoms with van der Waals surface area (Å²) in [5.41, 5.74) is 0. The molecule has 0 heterocycles. The molecule has 0 rings (SSSR count). The van der Waals surface area contributed by atoms with Gasteiger partial charge in [0.25, 0.3) is 0 Å². The molecule has 0 aromatic heterocycles. The van der Waals surface area contributed by atoms with Gasteiger partial charge in [0.05, 0.1) is 5.31 Å². The predicted octanol–water partition coefficient (Wildman–Crippen LogP) is 1.01. The second-order valence-electron chi connectivity index (χ2n) is 2.04. The first-order chi connectivity index (χ1) is 6.37. The van der Waals surface area contributed by atoms with Gasteiger partial charge in [-0.15, -0.1) is 12.6 Å². The molecule has 0 saturated heterocycles. The maximum Gasteiger partial charge on any atom is 0.329 e. The molecule has 0 amide bonds. The van der Waals surface area contributed by atoms with Crippen LogP contribution in [0.2, 0.25) is 0 Å². The summed E-state index contributed by atoms with van der Waals surface area (Å²) >= 11 is 8.39. The Morgan fingerprint density at radius 1 is 1.43 bits per heavy atom. The van der Waals surface area contributed by atoms with Crippen LogP contribution in [0.5, 0.6) is 0 Å². The molecule has 80 valence electrons. The number of carboxylic acid groups (broad SMARTS) is 1. The van der Waals surface area contributed by atoms with Crippen LogP contribution in [0.25, 0.3) is 0 Å². The molecule has 14 heavy (non-hydrogen) atoms. The average Bonchev–Trinajstić information content (AvgIpc) is 2.12. The Bertz CT molecular complexity index is 316. The van der Waals surface area contributed by atoms with Crippen LogP contribution in [0.1, 0.15) is 0 Å². The number of hydrogen-bond acceptors (Lipinski definition) is 5. The topological polar surface area (TPSA) is 72.8 Å². The average molecular weight is 256 g/mol. The van der Waals surface area contributed by atoms with Gasteiger partial charge in [0.1, 0.15) is 0 Å². The smallest absolute Gasteiger partial charge is 0.329 e. The largest absolute Gasteiger partial charge is 0.478 e. The summed E-state index contributed by atoms with van der Waals surface area (Å²) < 4.78 is 9.63. The van der Waals surface area contributed by atoms with Crippen LogP contribution in [-0.4, -0.2) is 30.4 Å². The van der Waals surface area contributed by atoms with Crippen molar-refractivity contribution in [3.05, 3.63) is 11.4 Å². The first-order valence-corrected chi connectivity index (χ1v) is 6.36. The van der Waals surface area contributed by atoms with Gasteiger partial charge in [-0.25, -0.2) is 4.79 Å². The lowest BCUT2D eigenvalue weighted by atomic mass is 10.5. The van der Waals surface area contributed by atoms with Crippen LogP contribution in [0.3, 0.4) is 0 Å². The highest BCUT2D eigenvalue weighted by Gasteiger charge is 2.27. The lowest BCUT2D eigenvalue weighted by Gasteiger charge is -2.18. The van der Waals surface area contributed by atoms with Crippen molar-refractivity contribution in [2.45, 2.75) is 0 Å². The second-order valence-corrected chi connectivity index (χ2v) is 6.09. The molecular formula is C6H9O5PS2. The highest BCUT2D eigenvalue weighted by molar-refractivity contribution is 8.14. The molecule has 0 aliphatic carbocycles. The van der Waals surface area contributed by atoms with Gasteiger partial charge < -0.3 is 14.2 Å². The number of thiol groups is 1. The molecule has 0 bridgehead atoms. The fourth-order valence-electron chi connectivity index (χ4n) is 0.646. The van der Waals surface area contributed by atoms with Crippen molar-refractivity contribution in [3.8, 4) is 0 Å². The fraction of sp³-hybridized carbons (Fsp3) is 0.333. The fourth-order valence-corrected chi connectivity index (χ4v) is 2.76. The van der Waals surface area contributed by atoms with E-state index < -0.39 is 17.6 Å². The van der Waals surface area contributed by atoms with E-state index in [1.807, 2.05) is 0 Å². The van der Waals surface area contributed by atoms with Gasteiger partial charge in [0.15, 0.2) is 0 Å². The summed E-state index contributed by atoms with van der Waals surface area (Å²) in [5, 5.41) is 7.48. The van der Waals surface area contributed by atoms with E-state index in [2.05, 4.69) is 12.6 Å². The van der Waals surface area contributed by atoms with Gasteiger partial charge in [-0.2, -0.15) is 0 Å². The lowest BCUT2D eigenvalue weighted by Crippen LogP contribution is -2.03. The van der Waals surface area contributed by atoms with Gasteiger partial charge in [0, 0.05) is 20.3 Å². The molecule has 0 saturated carbocycles. The maximum absolute atomic E-state index is 11.0. The number of hydrogen-bond donors (Lipinski definition) is 2. The number of carbonyl (C=O) groups is 2. The number of carbonyl (C=O) groups excluding carboxylic acids is 1. The zero-order valence-electron chi connectivity index (χ0n) is 7.46. The third-order valence-electron chi connectivity index (χ3n) is 1.26. The summed E-state index contributed by atoms with van der Waals surface area (Å²) in [7, 11) is 2.49. The first-order valence-electron chi connectivity index (χ1n) is 3.27. The summed E-state index contributed by atoms with van der Waals surface area (Å²) in [6.07, 6.45) is 0.656. The Balaban J connectivity index is 5.32. The quantitative estimate of drug-likeness (QED) is 0.434. The molecule has 1 N–H and O–H groups in total. The lowest BCUT2D eigenvalue weighted by molar-refractivity contribution is -0.131. The Morgan fingerprint density at radius 2 is 1.86 bits per heavy atom. The highest BCUT2D eigenvalue weighted by Crippen LogP contribution is 2.55. The van der Waals surface area contributed by atoms with Crippen LogP contribution in [0.15, 0.2) is 11.4 Å². The molecule has 5 nitrogen and oxygen atoms in total. The zero-order chi connectivity index (χ0) is 11.4. The first kappa shape index (κ1) is 13.8. The molecule has 0 spiro atoms. The molecule has 0 aliphatic rings. The minimum absolute atomic E-state index is 0.242. The van der Waals surface area contributed by atoms with Crippen LogP contribution in [0, 0.1) is 0 Å². The number of carboxylic acids is 1. The predicted molar refractivity (Wildman–Crippen MR) is 58.0 cm³/mol. The molecule has 0 unspecified atom stereocenters. The number of rotatable bonds is 5. The van der Waals surface area contributed by atoms with Crippen LogP contribution in [0.4, 0.5) is 0 Å². The Hall–Kier alpha value is -0.200. The van der Waals surface area contributed by atoms with E-state index in [4.69, 9.17) is 26.0 Å². The normalized spacial score (nSPS) is 12.6. The van der Waals surface area contributed by atoms with E-state index in [-0.39, 0.29) is 5.31 Å². The molecular weight excluding hydrogens is 247 g/mol. The number of aliphatic carboxylic acids is 1. The second kappa shape index (κ2) is 5.63. The van der Waals surface area contributed by atoms with E-state index in [0.29, 0.717) is 6.08 Å². The van der Waals surface area contributed by atoms with Crippen LogP contribution < -0.4 is 0 Å². The van der Waals surface area contributed by atoms with Crippen molar-refractivity contribution in [1.29, 1.82) is 0 Å². The van der Waals surface area contributed by atoms with Crippen LogP contribution in [-0.2, 0) is 30.4 Å². The van der Waals surface area contributed by atoms with Gasteiger partial charge in [-0.05, 0) is 11.8 Å². The van der Waals surface area contributed by atoms with Crippen molar-refractivity contribution in [2.24, 2.45) is 0 Å². The minimum Gasteiger partial charge on any atom is -0.478 e. The highest BCUT2D eigenvalue weighted by atomic mass is 32.5. The van der Waals surface area contributed by atoms with E-state index >= 15 is 0 Å². The molecule has 8 heteroatoms. The van der Waals surface area contributed by atoms with Crippen molar-refractivity contribution in [2.75, 3.05) is 14.2 Å². The van der Waals surface area contributed by atoms with Crippen molar-refractivity contribution >= 4 is 42.0 Å². The van der Waals surface area contributed by atoms with Gasteiger partial charge in [0.2, 0.25) is 11.6 Å². The third-order valence-corrected chi connectivity index (χ3v) is 5.04. The molecule has 0 aromatic carbocycles. The van der Waals surface area contributed by atoms with E-state index in [1.165, 1.54) is 14.2 Å². The molecule has 0 atom stereocenters. The Morgan fingerprint density at radius 3 is 2.07 bits per heavy atom. The van der Waals surface area contributed by atoms with Crippen LogP contribution >= 0.6 is 19.1 Å². The Labute approximate surface area is 91.7 Å². The van der Waals surface area contributed by atoms with Gasteiger partial charge in [-0.1, -0.05) is 0 Å². The molecule has 0 fully saturated rings. The zero-order valence-corrected chi connectivity index (χ0v) is 10.1. The summed E-state index contributed by atoms with van der Waals surface area (Å²) in [4.78, 5) is 21.4. The summed E-state index contributed by atoms with van der Waals surface area (Å²) in [5.74, 6) is -1.30. The summed E-state index contributed by atoms with van der Waals surface area (Å²) in [6.45, 7) is -3.01. The third kappa shape index (κ3) is 3.51. The van der Waals surface area contributed by atoms with E-state index in [1.54, 1.807) is 0 Å². The van der Waals surface area contributed by atoms with Crippen molar-refractivity contribution in [3.63, 3.8) is 0 Å². The minimum atomic E-state index is -3.01. The van der Waals surface area contributed by atoms with Gasteiger partial charge in [-0.3, -0.25) is 4.79 Å². The van der Waals surface area contributed by atoms with Gasteiger partial charge >= 0.3 is 5.97 Å². The monoisotopic (exact) mass is 256 g/mol. The maximum atomic E-state index is 11.0.